The van der Waals surface area contributed by atoms with Gasteiger partial charge in [0.15, 0.2) is 18.2 Å². The molecule has 1 aromatic carbocycles. The monoisotopic (exact) mass is 625 g/mol. The average molecular weight is 626 g/mol. The lowest BCUT2D eigenvalue weighted by molar-refractivity contribution is -0.122. The summed E-state index contributed by atoms with van der Waals surface area (Å²) in [6.07, 6.45) is 3.40. The number of amides is 1. The number of rotatable bonds is 9. The van der Waals surface area contributed by atoms with Gasteiger partial charge in [0.2, 0.25) is 5.95 Å². The molecule has 1 saturated heterocycles. The lowest BCUT2D eigenvalue weighted by Gasteiger charge is -2.31. The molecule has 10 nitrogen and oxygen atoms in total. The van der Waals surface area contributed by atoms with Crippen molar-refractivity contribution in [1.82, 2.24) is 23.0 Å². The van der Waals surface area contributed by atoms with Crippen LogP contribution >= 0.6 is 34.5 Å². The summed E-state index contributed by atoms with van der Waals surface area (Å²) in [7, 11) is 1.52. The van der Waals surface area contributed by atoms with Crippen LogP contribution in [0, 0.1) is 0 Å². The molecule has 3 aromatic rings. The Morgan fingerprint density at radius 2 is 2.00 bits per heavy atom. The predicted octanol–water partition coefficient (Wildman–Crippen LogP) is 3.59. The van der Waals surface area contributed by atoms with Gasteiger partial charge in [-0.05, 0) is 30.7 Å². The van der Waals surface area contributed by atoms with E-state index in [1.54, 1.807) is 16.8 Å². The number of piperazine rings is 1. The van der Waals surface area contributed by atoms with Crippen molar-refractivity contribution in [1.29, 1.82) is 0 Å². The van der Waals surface area contributed by atoms with Crippen LogP contribution in [-0.4, -0.2) is 63.4 Å². The van der Waals surface area contributed by atoms with Crippen molar-refractivity contribution in [3.05, 3.63) is 45.8 Å². The Hall–Kier alpha value is -2.64. The first-order valence-corrected chi connectivity index (χ1v) is 13.2. The second kappa shape index (κ2) is 12.1. The van der Waals surface area contributed by atoms with Gasteiger partial charge < -0.3 is 24.8 Å². The Morgan fingerprint density at radius 1 is 1.22 bits per heavy atom. The number of unbranched alkanes of at least 4 members (excludes halogenated alkanes) is 1. The van der Waals surface area contributed by atoms with Gasteiger partial charge in [-0.25, -0.2) is 8.10 Å². The number of aryl methyl sites for hydroxylation is 1. The number of anilines is 3. The van der Waals surface area contributed by atoms with Crippen molar-refractivity contribution < 1.29 is 9.53 Å². The number of carbonyl (C=O) groups excluding carboxylic acids is 1. The molecule has 12 heteroatoms. The fourth-order valence-electron chi connectivity index (χ4n) is 3.91. The summed E-state index contributed by atoms with van der Waals surface area (Å²) in [5.41, 5.74) is 1.29. The fourth-order valence-corrected chi connectivity index (χ4v) is 4.48. The number of halogens is 2. The maximum atomic E-state index is 13.1. The summed E-state index contributed by atoms with van der Waals surface area (Å²) in [6, 6.07) is 7.37. The zero-order valence-electron chi connectivity index (χ0n) is 20.3. The van der Waals surface area contributed by atoms with Crippen molar-refractivity contribution >= 4 is 68.7 Å². The van der Waals surface area contributed by atoms with E-state index in [-0.39, 0.29) is 23.8 Å². The summed E-state index contributed by atoms with van der Waals surface area (Å²) in [6.45, 7) is 5.95. The quantitative estimate of drug-likeness (QED) is 0.275. The van der Waals surface area contributed by atoms with Crippen molar-refractivity contribution in [3.8, 4) is 5.75 Å². The number of fused-ring (bicyclic) bond motifs is 1. The van der Waals surface area contributed by atoms with Gasteiger partial charge in [-0.15, -0.1) is 0 Å². The van der Waals surface area contributed by atoms with Crippen LogP contribution in [0.25, 0.3) is 10.9 Å². The molecule has 4 rings (SSSR count). The molecule has 0 bridgehead atoms. The predicted molar refractivity (Wildman–Crippen MR) is 151 cm³/mol. The number of hydrogen-bond acceptors (Lipinski definition) is 8. The Labute approximate surface area is 228 Å². The van der Waals surface area contributed by atoms with E-state index < -0.39 is 0 Å². The van der Waals surface area contributed by atoms with E-state index in [0.717, 1.165) is 55.6 Å². The third kappa shape index (κ3) is 6.19. The number of hydrogen-bond donors (Lipinski definition) is 2. The largest absolute Gasteiger partial charge is 0.478 e. The number of pyridine rings is 1. The maximum Gasteiger partial charge on any atom is 0.293 e. The topological polar surface area (TPSA) is 105 Å². The minimum atomic E-state index is -0.306. The first-order chi connectivity index (χ1) is 17.4. The molecule has 1 amide bonds. The molecular formula is C24H29ClIN7O3. The van der Waals surface area contributed by atoms with Crippen molar-refractivity contribution in [2.24, 2.45) is 0 Å². The first kappa shape index (κ1) is 26.4. The zero-order valence-corrected chi connectivity index (χ0v) is 23.2. The molecular weight excluding hydrogens is 597 g/mol. The summed E-state index contributed by atoms with van der Waals surface area (Å²) >= 11 is 8.75. The van der Waals surface area contributed by atoms with Crippen molar-refractivity contribution in [2.45, 2.75) is 26.3 Å². The van der Waals surface area contributed by atoms with E-state index in [0.29, 0.717) is 23.3 Å². The fraction of sp³-hybridized carbons (Fsp3) is 0.417. The Bertz CT molecular complexity index is 1290. The van der Waals surface area contributed by atoms with Crippen molar-refractivity contribution in [3.63, 3.8) is 0 Å². The highest BCUT2D eigenvalue weighted by Crippen LogP contribution is 2.28. The SMILES string of the molecule is CCCCn1c(=O)c(OCC(=O)NC)cc2cc(Nc3nc(N4CCN(I)CC4)ncc3Cl)ccc21. The van der Waals surface area contributed by atoms with Gasteiger partial charge in [-0.1, -0.05) is 24.9 Å². The van der Waals surface area contributed by atoms with Gasteiger partial charge in [-0.3, -0.25) is 9.59 Å². The average Bonchev–Trinajstić information content (AvgIpc) is 2.88. The molecule has 0 radical (unpaired) electrons. The standard InChI is InChI=1S/C24H29ClIN7O3/c1-3-4-7-33-19-6-5-17(12-16(19)13-20(23(33)35)36-15-21(34)27-2)29-22-18(25)14-28-24(30-22)31-8-10-32(26)11-9-31/h5-6,12-14H,3-4,7-11,15H2,1-2H3,(H,27,34)(H,28,29,30). The van der Waals surface area contributed by atoms with Crippen LogP contribution in [0.5, 0.6) is 5.75 Å². The molecule has 0 aliphatic carbocycles. The highest BCUT2D eigenvalue weighted by molar-refractivity contribution is 14.1. The van der Waals surface area contributed by atoms with E-state index in [9.17, 15) is 9.59 Å². The third-order valence-electron chi connectivity index (χ3n) is 5.94. The van der Waals surface area contributed by atoms with E-state index in [2.05, 4.69) is 58.4 Å². The lowest BCUT2D eigenvalue weighted by Crippen LogP contribution is -2.42. The Balaban J connectivity index is 1.65. The molecule has 36 heavy (non-hydrogen) atoms. The van der Waals surface area contributed by atoms with E-state index in [1.165, 1.54) is 7.05 Å². The summed E-state index contributed by atoms with van der Waals surface area (Å²) in [5.74, 6) is 0.967. The lowest BCUT2D eigenvalue weighted by atomic mass is 10.1. The minimum Gasteiger partial charge on any atom is -0.478 e. The molecule has 0 atom stereocenters. The second-order valence-corrected chi connectivity index (χ2v) is 10.2. The highest BCUT2D eigenvalue weighted by atomic mass is 127. The van der Waals surface area contributed by atoms with E-state index in [4.69, 9.17) is 16.3 Å². The number of nitrogens with one attached hydrogen (secondary N) is 2. The zero-order chi connectivity index (χ0) is 25.7. The highest BCUT2D eigenvalue weighted by Gasteiger charge is 2.19. The number of carbonyl (C=O) groups is 1. The number of likely N-dealkylation sites (N-methyl/N-ethyl adjacent to an activating group) is 1. The van der Waals surface area contributed by atoms with Gasteiger partial charge in [-0.2, -0.15) is 4.98 Å². The number of ether oxygens (including phenoxy) is 1. The van der Waals surface area contributed by atoms with Crippen LogP contribution in [-0.2, 0) is 11.3 Å². The van der Waals surface area contributed by atoms with E-state index >= 15 is 0 Å². The molecule has 0 spiro atoms. The van der Waals surface area contributed by atoms with Crippen LogP contribution in [0.1, 0.15) is 19.8 Å². The smallest absolute Gasteiger partial charge is 0.293 e. The molecule has 0 unspecified atom stereocenters. The first-order valence-electron chi connectivity index (χ1n) is 11.9. The Morgan fingerprint density at radius 3 is 2.72 bits per heavy atom. The maximum absolute atomic E-state index is 13.1. The summed E-state index contributed by atoms with van der Waals surface area (Å²) in [4.78, 5) is 36.0. The van der Waals surface area contributed by atoms with Crippen LogP contribution in [0.3, 0.4) is 0 Å². The van der Waals surface area contributed by atoms with Gasteiger partial charge in [0.25, 0.3) is 11.5 Å². The molecule has 1 aliphatic rings. The molecule has 2 N–H and O–H groups in total. The molecule has 0 saturated carbocycles. The van der Waals surface area contributed by atoms with Crippen LogP contribution in [0.15, 0.2) is 35.3 Å². The molecule has 1 aliphatic heterocycles. The van der Waals surface area contributed by atoms with Gasteiger partial charge >= 0.3 is 0 Å². The number of benzene rings is 1. The normalized spacial score (nSPS) is 14.2. The van der Waals surface area contributed by atoms with Crippen LogP contribution in [0.2, 0.25) is 5.02 Å². The summed E-state index contributed by atoms with van der Waals surface area (Å²) < 4.78 is 9.51. The minimum absolute atomic E-state index is 0.135. The van der Waals surface area contributed by atoms with Gasteiger partial charge in [0.05, 0.1) is 11.7 Å². The van der Waals surface area contributed by atoms with Crippen LogP contribution < -0.4 is 25.8 Å². The third-order valence-corrected chi connectivity index (χ3v) is 7.18. The van der Waals surface area contributed by atoms with Crippen LogP contribution in [0.4, 0.5) is 17.5 Å². The summed E-state index contributed by atoms with van der Waals surface area (Å²) in [5, 5.41) is 7.00. The molecule has 1 fully saturated rings. The second-order valence-electron chi connectivity index (χ2n) is 8.44. The molecule has 3 heterocycles. The number of aromatic nitrogens is 3. The van der Waals surface area contributed by atoms with Crippen molar-refractivity contribution in [2.75, 3.05) is 50.1 Å². The molecule has 192 valence electrons. The van der Waals surface area contributed by atoms with E-state index in [1.807, 2.05) is 18.2 Å². The number of nitrogens with zero attached hydrogens (tertiary/aromatic N) is 5. The molecule has 2 aromatic heterocycles. The van der Waals surface area contributed by atoms with Gasteiger partial charge in [0.1, 0.15) is 5.02 Å². The van der Waals surface area contributed by atoms with Gasteiger partial charge in [0, 0.05) is 73.7 Å². The Kier molecular flexibility index (Phi) is 8.86.